The Morgan fingerprint density at radius 1 is 1.07 bits per heavy atom. The molecule has 7 nitrogen and oxygen atoms in total. The van der Waals surface area contributed by atoms with E-state index in [1.165, 1.54) is 4.90 Å². The number of rotatable bonds is 4. The predicted octanol–water partition coefficient (Wildman–Crippen LogP) is 3.78. The van der Waals surface area contributed by atoms with Crippen molar-refractivity contribution in [2.24, 2.45) is 0 Å². The molecule has 0 bridgehead atoms. The molecule has 1 unspecified atom stereocenters. The molecule has 2 aromatic heterocycles. The first-order valence-electron chi connectivity index (χ1n) is 10.2. The number of furan rings is 1. The van der Waals surface area contributed by atoms with Gasteiger partial charge in [-0.3, -0.25) is 4.79 Å². The average Bonchev–Trinajstić information content (AvgIpc) is 3.29. The van der Waals surface area contributed by atoms with Crippen LogP contribution in [0.4, 0.5) is 0 Å². The summed E-state index contributed by atoms with van der Waals surface area (Å²) < 4.78 is 11.5. The highest BCUT2D eigenvalue weighted by Gasteiger charge is 2.33. The van der Waals surface area contributed by atoms with Crippen LogP contribution in [0, 0.1) is 27.7 Å². The van der Waals surface area contributed by atoms with E-state index in [9.17, 15) is 19.5 Å². The lowest BCUT2D eigenvalue weighted by atomic mass is 9.98. The minimum absolute atomic E-state index is 0.0754. The van der Waals surface area contributed by atoms with Crippen LogP contribution in [0.5, 0.6) is 0 Å². The normalized spacial score (nSPS) is 16.7. The average molecular weight is 411 g/mol. The van der Waals surface area contributed by atoms with Gasteiger partial charge in [0, 0.05) is 34.9 Å². The summed E-state index contributed by atoms with van der Waals surface area (Å²) in [7, 11) is 0. The summed E-state index contributed by atoms with van der Waals surface area (Å²) >= 11 is 0. The van der Waals surface area contributed by atoms with Gasteiger partial charge < -0.3 is 18.8 Å². The highest BCUT2D eigenvalue weighted by Crippen LogP contribution is 2.34. The van der Waals surface area contributed by atoms with Gasteiger partial charge in [-0.2, -0.15) is 0 Å². The van der Waals surface area contributed by atoms with E-state index in [2.05, 4.69) is 0 Å². The quantitative estimate of drug-likeness (QED) is 0.656. The van der Waals surface area contributed by atoms with Crippen molar-refractivity contribution in [3.63, 3.8) is 0 Å². The molecule has 3 heterocycles. The van der Waals surface area contributed by atoms with Gasteiger partial charge in [-0.05, 0) is 64.2 Å². The number of aryl methyl sites for hydroxylation is 4. The van der Waals surface area contributed by atoms with E-state index < -0.39 is 17.6 Å². The summed E-state index contributed by atoms with van der Waals surface area (Å²) in [6.07, 6.45) is 1.44. The van der Waals surface area contributed by atoms with E-state index in [1.54, 1.807) is 0 Å². The molecule has 1 aromatic carbocycles. The van der Waals surface area contributed by atoms with E-state index in [0.717, 1.165) is 38.8 Å². The smallest absolute Gasteiger partial charge is 0.339 e. The fourth-order valence-electron chi connectivity index (χ4n) is 4.48. The molecule has 3 aromatic rings. The number of hydrogen-bond acceptors (Lipinski definition) is 5. The van der Waals surface area contributed by atoms with Gasteiger partial charge in [-0.15, -0.1) is 0 Å². The van der Waals surface area contributed by atoms with E-state index in [1.807, 2.05) is 33.8 Å². The maximum absolute atomic E-state index is 12.7. The third-order valence-electron chi connectivity index (χ3n) is 6.39. The van der Waals surface area contributed by atoms with Gasteiger partial charge in [0.25, 0.3) is 0 Å². The van der Waals surface area contributed by atoms with E-state index in [0.29, 0.717) is 30.5 Å². The van der Waals surface area contributed by atoms with Gasteiger partial charge in [0.1, 0.15) is 23.0 Å². The van der Waals surface area contributed by atoms with Crippen LogP contribution in [-0.2, 0) is 16.0 Å². The van der Waals surface area contributed by atoms with Crippen LogP contribution in [0.3, 0.4) is 0 Å². The van der Waals surface area contributed by atoms with Crippen molar-refractivity contribution < 1.29 is 23.5 Å². The second kappa shape index (κ2) is 7.31. The minimum Gasteiger partial charge on any atom is -0.480 e. The van der Waals surface area contributed by atoms with E-state index in [4.69, 9.17) is 8.83 Å². The number of hydrogen-bond donors (Lipinski definition) is 1. The van der Waals surface area contributed by atoms with Crippen LogP contribution >= 0.6 is 0 Å². The summed E-state index contributed by atoms with van der Waals surface area (Å²) in [5, 5.41) is 11.1. The molecule has 1 fully saturated rings. The summed E-state index contributed by atoms with van der Waals surface area (Å²) in [6.45, 7) is 8.08. The number of carboxylic acids is 1. The molecular weight excluding hydrogens is 386 g/mol. The van der Waals surface area contributed by atoms with Crippen LogP contribution in [0.25, 0.3) is 21.9 Å². The zero-order valence-electron chi connectivity index (χ0n) is 17.6. The van der Waals surface area contributed by atoms with Crippen molar-refractivity contribution in [2.75, 3.05) is 6.54 Å². The summed E-state index contributed by atoms with van der Waals surface area (Å²) in [5.74, 6) is -0.396. The van der Waals surface area contributed by atoms with Crippen molar-refractivity contribution in [1.82, 2.24) is 4.90 Å². The largest absolute Gasteiger partial charge is 0.480 e. The maximum atomic E-state index is 12.7. The standard InChI is InChI=1S/C23H25NO6/c1-11-14(4)29-20-13(3)21-17(10-16(11)20)12(2)15(23(28)30-21)7-8-19(25)24-9-5-6-18(24)22(26)27/h10,18H,5-9H2,1-4H3,(H,26,27). The molecular formula is C23H25NO6. The Hall–Kier alpha value is -3.09. The third kappa shape index (κ3) is 3.09. The predicted molar refractivity (Wildman–Crippen MR) is 112 cm³/mol. The molecule has 0 aliphatic carbocycles. The molecule has 1 aliphatic rings. The highest BCUT2D eigenvalue weighted by molar-refractivity contribution is 6.00. The molecule has 7 heteroatoms. The molecule has 1 amide bonds. The lowest BCUT2D eigenvalue weighted by Crippen LogP contribution is -2.40. The number of carboxylic acid groups (broad SMARTS) is 1. The monoisotopic (exact) mass is 411 g/mol. The Kier molecular flexibility index (Phi) is 4.92. The summed E-state index contributed by atoms with van der Waals surface area (Å²) in [4.78, 5) is 38.1. The Labute approximate surface area is 173 Å². The van der Waals surface area contributed by atoms with Crippen LogP contribution < -0.4 is 5.63 Å². The summed E-state index contributed by atoms with van der Waals surface area (Å²) in [5.41, 5.74) is 3.82. The van der Waals surface area contributed by atoms with Crippen LogP contribution in [0.1, 0.15) is 47.3 Å². The van der Waals surface area contributed by atoms with Gasteiger partial charge in [0.2, 0.25) is 5.91 Å². The van der Waals surface area contributed by atoms with E-state index >= 15 is 0 Å². The maximum Gasteiger partial charge on any atom is 0.339 e. The summed E-state index contributed by atoms with van der Waals surface area (Å²) in [6, 6.07) is 1.21. The zero-order valence-corrected chi connectivity index (χ0v) is 17.6. The lowest BCUT2D eigenvalue weighted by Gasteiger charge is -2.21. The first-order valence-corrected chi connectivity index (χ1v) is 10.2. The molecule has 1 N–H and O–H groups in total. The second-order valence-corrected chi connectivity index (χ2v) is 8.11. The number of amides is 1. The SMILES string of the molecule is Cc1oc2c(C)c3oc(=O)c(CCC(=O)N4CCCC4C(=O)O)c(C)c3cc2c1C. The minimum atomic E-state index is -0.979. The number of fused-ring (bicyclic) bond motifs is 2. The number of carbonyl (C=O) groups is 2. The van der Waals surface area contributed by atoms with Gasteiger partial charge in [-0.1, -0.05) is 0 Å². The number of benzene rings is 1. The molecule has 1 saturated heterocycles. The molecule has 0 radical (unpaired) electrons. The van der Waals surface area contributed by atoms with Gasteiger partial charge in [0.15, 0.2) is 0 Å². The molecule has 1 atom stereocenters. The first kappa shape index (κ1) is 20.2. The number of aliphatic carboxylic acids is 1. The number of nitrogens with zero attached hydrogens (tertiary/aromatic N) is 1. The molecule has 4 rings (SSSR count). The molecule has 158 valence electrons. The van der Waals surface area contributed by atoms with Crippen LogP contribution in [0.15, 0.2) is 19.7 Å². The van der Waals surface area contributed by atoms with Crippen molar-refractivity contribution in [3.8, 4) is 0 Å². The lowest BCUT2D eigenvalue weighted by molar-refractivity contribution is -0.148. The number of carbonyl (C=O) groups excluding carboxylic acids is 1. The van der Waals surface area contributed by atoms with E-state index in [-0.39, 0.29) is 18.7 Å². The third-order valence-corrected chi connectivity index (χ3v) is 6.39. The Balaban J connectivity index is 1.70. The zero-order chi connectivity index (χ0) is 21.7. The van der Waals surface area contributed by atoms with Crippen LogP contribution in [-0.4, -0.2) is 34.5 Å². The topological polar surface area (TPSA) is 101 Å². The fraction of sp³-hybridized carbons (Fsp3) is 0.435. The fourth-order valence-corrected chi connectivity index (χ4v) is 4.48. The van der Waals surface area contributed by atoms with Crippen molar-refractivity contribution in [1.29, 1.82) is 0 Å². The first-order chi connectivity index (χ1) is 14.2. The number of likely N-dealkylation sites (tertiary alicyclic amines) is 1. The highest BCUT2D eigenvalue weighted by atomic mass is 16.4. The Bertz CT molecular complexity index is 1250. The van der Waals surface area contributed by atoms with Gasteiger partial charge >= 0.3 is 11.6 Å². The van der Waals surface area contributed by atoms with Crippen molar-refractivity contribution in [2.45, 2.75) is 59.4 Å². The second-order valence-electron chi connectivity index (χ2n) is 8.11. The Morgan fingerprint density at radius 3 is 2.43 bits per heavy atom. The van der Waals surface area contributed by atoms with Crippen LogP contribution in [0.2, 0.25) is 0 Å². The van der Waals surface area contributed by atoms with Gasteiger partial charge in [0.05, 0.1) is 0 Å². The van der Waals surface area contributed by atoms with Crippen molar-refractivity contribution >= 4 is 33.8 Å². The molecule has 0 spiro atoms. The Morgan fingerprint density at radius 2 is 1.73 bits per heavy atom. The van der Waals surface area contributed by atoms with Crippen molar-refractivity contribution in [3.05, 3.63) is 44.5 Å². The molecule has 0 saturated carbocycles. The van der Waals surface area contributed by atoms with Gasteiger partial charge in [-0.25, -0.2) is 9.59 Å². The molecule has 30 heavy (non-hydrogen) atoms. The molecule has 1 aliphatic heterocycles.